The Bertz CT molecular complexity index is 1160. The Hall–Kier alpha value is 0.460. The van der Waals surface area contributed by atoms with Crippen molar-refractivity contribution in [3.63, 3.8) is 0 Å². The van der Waals surface area contributed by atoms with Crippen molar-refractivity contribution in [1.29, 1.82) is 0 Å². The predicted molar refractivity (Wildman–Crippen MR) is 237 cm³/mol. The fourth-order valence-corrected chi connectivity index (χ4v) is 17.3. The van der Waals surface area contributed by atoms with Gasteiger partial charge in [-0.25, -0.2) is 0 Å². The van der Waals surface area contributed by atoms with Crippen LogP contribution in [0.3, 0.4) is 0 Å². The van der Waals surface area contributed by atoms with Gasteiger partial charge in [-0.1, -0.05) is 211 Å². The number of unbranched alkanes of at least 4 members (excludes halogenated alkanes) is 14. The van der Waals surface area contributed by atoms with E-state index in [9.17, 15) is 0 Å². The van der Waals surface area contributed by atoms with Crippen molar-refractivity contribution in [3.8, 4) is 0 Å². The van der Waals surface area contributed by atoms with Crippen molar-refractivity contribution in [3.05, 3.63) is 97.2 Å². The number of hydrogen-bond acceptors (Lipinski definition) is 8. The van der Waals surface area contributed by atoms with Gasteiger partial charge in [0, 0.05) is 11.5 Å². The molecule has 2 aromatic rings. The van der Waals surface area contributed by atoms with Gasteiger partial charge in [0.15, 0.2) is 0 Å². The number of hydrogen-bond donors (Lipinski definition) is 0. The summed E-state index contributed by atoms with van der Waals surface area (Å²) in [5.41, 5.74) is 2.80. The van der Waals surface area contributed by atoms with Crippen LogP contribution in [-0.4, -0.2) is 11.5 Å². The van der Waals surface area contributed by atoms with E-state index in [1.807, 2.05) is 47.0 Å². The molecule has 2 heterocycles. The lowest BCUT2D eigenvalue weighted by Crippen LogP contribution is -1.85. The van der Waals surface area contributed by atoms with Crippen molar-refractivity contribution in [2.75, 3.05) is 11.5 Å². The van der Waals surface area contributed by atoms with Crippen molar-refractivity contribution < 1.29 is 0 Å². The summed E-state index contributed by atoms with van der Waals surface area (Å²) in [4.78, 5) is 0. The standard InChI is InChI=1S/C40H56S8/c1-3-5-7-9-11-13-15-23-29-41-35-36(42-30-24-16-14-12-10-8-6-4-2)46-39(45-35)40-47-37(43-31-33-25-19-17-20-26-33)38(48-40)44-32-34-27-21-18-22-28-34/h17-22,25-28H,3-16,23-24,29-32H2,1-2H3. The van der Waals surface area contributed by atoms with Crippen LogP contribution < -0.4 is 0 Å². The van der Waals surface area contributed by atoms with Gasteiger partial charge in [0.1, 0.15) is 0 Å². The average Bonchev–Trinajstić information content (AvgIpc) is 3.73. The molecule has 0 amide bonds. The molecule has 2 aromatic carbocycles. The van der Waals surface area contributed by atoms with Crippen molar-refractivity contribution >= 4 is 94.1 Å². The van der Waals surface area contributed by atoms with Crippen LogP contribution in [0.1, 0.15) is 128 Å². The van der Waals surface area contributed by atoms with Crippen LogP contribution in [0.2, 0.25) is 0 Å². The molecule has 48 heavy (non-hydrogen) atoms. The average molecular weight is 793 g/mol. The molecule has 0 spiro atoms. The predicted octanol–water partition coefficient (Wildman–Crippen LogP) is 16.9. The SMILES string of the molecule is CCCCCCCCCCSC1=C(SCCCCCCCCCC)SC(=C2SC(SCc3ccccc3)=C(SCc3ccccc3)S2)S1. The molecule has 8 heteroatoms. The highest BCUT2D eigenvalue weighted by atomic mass is 32.3. The molecule has 0 aromatic heterocycles. The van der Waals surface area contributed by atoms with Gasteiger partial charge in [0.05, 0.1) is 25.4 Å². The lowest BCUT2D eigenvalue weighted by Gasteiger charge is -2.06. The molecule has 0 unspecified atom stereocenters. The first-order valence-corrected chi connectivity index (χ1v) is 25.5. The Kier molecular flexibility index (Phi) is 22.5. The van der Waals surface area contributed by atoms with Crippen LogP contribution >= 0.6 is 94.1 Å². The molecule has 0 fully saturated rings. The Morgan fingerprint density at radius 3 is 1.04 bits per heavy atom. The second kappa shape index (κ2) is 26.3. The lowest BCUT2D eigenvalue weighted by atomic mass is 10.1. The molecule has 0 N–H and O–H groups in total. The Balaban J connectivity index is 1.33. The van der Waals surface area contributed by atoms with Crippen molar-refractivity contribution in [2.24, 2.45) is 0 Å². The van der Waals surface area contributed by atoms with E-state index in [1.54, 1.807) is 8.47 Å². The highest BCUT2D eigenvalue weighted by molar-refractivity contribution is 8.45. The molecular formula is C40H56S8. The third-order valence-electron chi connectivity index (χ3n) is 8.13. The van der Waals surface area contributed by atoms with Gasteiger partial charge in [-0.3, -0.25) is 0 Å². The molecule has 0 bridgehead atoms. The van der Waals surface area contributed by atoms with Crippen molar-refractivity contribution in [2.45, 2.75) is 128 Å². The molecule has 264 valence electrons. The van der Waals surface area contributed by atoms with Crippen LogP contribution in [0.4, 0.5) is 0 Å². The van der Waals surface area contributed by atoms with Gasteiger partial charge in [-0.2, -0.15) is 0 Å². The summed E-state index contributed by atoms with van der Waals surface area (Å²) in [7, 11) is 0. The summed E-state index contributed by atoms with van der Waals surface area (Å²) in [5.74, 6) is 4.58. The summed E-state index contributed by atoms with van der Waals surface area (Å²) in [6.45, 7) is 4.62. The largest absolute Gasteiger partial charge is 0.117 e. The smallest absolute Gasteiger partial charge is 0.0717 e. The molecular weight excluding hydrogens is 737 g/mol. The Morgan fingerprint density at radius 1 is 0.375 bits per heavy atom. The molecule has 0 radical (unpaired) electrons. The third kappa shape index (κ3) is 16.4. The maximum Gasteiger partial charge on any atom is 0.0717 e. The number of benzene rings is 2. The molecule has 0 aliphatic carbocycles. The molecule has 2 aliphatic heterocycles. The van der Waals surface area contributed by atoms with Crippen LogP contribution in [0.15, 0.2) is 86.1 Å². The van der Waals surface area contributed by atoms with E-state index in [1.165, 1.54) is 142 Å². The minimum Gasteiger partial charge on any atom is -0.117 e. The molecule has 4 rings (SSSR count). The molecule has 0 saturated carbocycles. The summed E-state index contributed by atoms with van der Waals surface area (Å²) >= 11 is 16.6. The van der Waals surface area contributed by atoms with Crippen LogP contribution in [0.5, 0.6) is 0 Å². The van der Waals surface area contributed by atoms with Crippen molar-refractivity contribution in [1.82, 2.24) is 0 Å². The van der Waals surface area contributed by atoms with E-state index in [0.29, 0.717) is 0 Å². The molecule has 0 saturated heterocycles. The highest BCUT2D eigenvalue weighted by Gasteiger charge is 2.31. The minimum atomic E-state index is 1.03. The Labute approximate surface area is 328 Å². The Morgan fingerprint density at radius 2 is 0.688 bits per heavy atom. The maximum absolute atomic E-state index is 2.31. The van der Waals surface area contributed by atoms with Gasteiger partial charge in [-0.15, -0.1) is 47.0 Å². The van der Waals surface area contributed by atoms with Gasteiger partial charge in [0.25, 0.3) is 0 Å². The quantitative estimate of drug-likeness (QED) is 0.0853. The van der Waals surface area contributed by atoms with E-state index in [4.69, 9.17) is 0 Å². The first-order valence-electron chi connectivity index (χ1n) is 18.3. The van der Waals surface area contributed by atoms with E-state index < -0.39 is 0 Å². The summed E-state index contributed by atoms with van der Waals surface area (Å²) in [6, 6.07) is 21.9. The van der Waals surface area contributed by atoms with E-state index in [-0.39, 0.29) is 0 Å². The summed E-state index contributed by atoms with van der Waals surface area (Å²) in [5, 5.41) is 0. The summed E-state index contributed by atoms with van der Waals surface area (Å²) < 4.78 is 9.17. The second-order valence-corrected chi connectivity index (χ2v) is 22.1. The fraction of sp³-hybridized carbons (Fsp3) is 0.550. The highest BCUT2D eigenvalue weighted by Crippen LogP contribution is 2.66. The minimum absolute atomic E-state index is 1.03. The molecule has 2 aliphatic rings. The molecule has 0 nitrogen and oxygen atoms in total. The maximum atomic E-state index is 2.31. The molecule has 0 atom stereocenters. The van der Waals surface area contributed by atoms with Crippen LogP contribution in [0.25, 0.3) is 0 Å². The van der Waals surface area contributed by atoms with E-state index in [0.717, 1.165) is 11.5 Å². The van der Waals surface area contributed by atoms with E-state index >= 15 is 0 Å². The van der Waals surface area contributed by atoms with Gasteiger partial charge in [0.2, 0.25) is 0 Å². The zero-order valence-electron chi connectivity index (χ0n) is 29.2. The third-order valence-corrected chi connectivity index (χ3v) is 20.0. The zero-order valence-corrected chi connectivity index (χ0v) is 35.7. The normalized spacial score (nSPS) is 15.0. The number of rotatable bonds is 26. The van der Waals surface area contributed by atoms with Gasteiger partial charge < -0.3 is 0 Å². The van der Waals surface area contributed by atoms with E-state index in [2.05, 4.69) is 122 Å². The second-order valence-electron chi connectivity index (χ2n) is 12.3. The van der Waals surface area contributed by atoms with Crippen LogP contribution in [-0.2, 0) is 11.5 Å². The van der Waals surface area contributed by atoms with Gasteiger partial charge >= 0.3 is 0 Å². The summed E-state index contributed by atoms with van der Waals surface area (Å²) in [6.07, 6.45) is 22.3. The van der Waals surface area contributed by atoms with Gasteiger partial charge in [-0.05, 0) is 35.5 Å². The zero-order chi connectivity index (χ0) is 33.5. The fourth-order valence-electron chi connectivity index (χ4n) is 5.31. The lowest BCUT2D eigenvalue weighted by molar-refractivity contribution is 0.586. The van der Waals surface area contributed by atoms with Crippen LogP contribution in [0, 0.1) is 0 Å². The first-order chi connectivity index (χ1) is 23.8. The number of thioether (sulfide) groups is 8. The first kappa shape index (κ1) is 41.2. The topological polar surface area (TPSA) is 0 Å². The monoisotopic (exact) mass is 792 g/mol.